The normalized spacial score (nSPS) is 20.4. The van der Waals surface area contributed by atoms with Crippen LogP contribution >= 0.6 is 0 Å². The van der Waals surface area contributed by atoms with E-state index < -0.39 is 16.0 Å². The van der Waals surface area contributed by atoms with E-state index in [2.05, 4.69) is 0 Å². The Labute approximate surface area is 124 Å². The lowest BCUT2D eigenvalue weighted by atomic mass is 10.1. The summed E-state index contributed by atoms with van der Waals surface area (Å²) >= 11 is 0. The number of rotatable bonds is 4. The predicted molar refractivity (Wildman–Crippen MR) is 76.9 cm³/mol. The standard InChI is InChI=1S/C14H19NO5S/c1-3-11-9-15(6-7-20-11)21(18,19)12-5-4-10(2)13(8-12)14(16)17/h4-5,8,11H,3,6-7,9H2,1-2H3,(H,16,17). The molecule has 0 aliphatic carbocycles. The van der Waals surface area contributed by atoms with Gasteiger partial charge in [0.05, 0.1) is 23.2 Å². The molecular formula is C14H19NO5S. The minimum atomic E-state index is -3.69. The molecule has 0 aromatic heterocycles. The number of nitrogens with zero attached hydrogens (tertiary/aromatic N) is 1. The largest absolute Gasteiger partial charge is 0.478 e. The highest BCUT2D eigenvalue weighted by atomic mass is 32.2. The first-order valence-corrected chi connectivity index (χ1v) is 8.26. The van der Waals surface area contributed by atoms with Crippen LogP contribution in [0.4, 0.5) is 0 Å². The van der Waals surface area contributed by atoms with Crippen LogP contribution in [0.25, 0.3) is 0 Å². The third-order valence-corrected chi connectivity index (χ3v) is 5.50. The van der Waals surface area contributed by atoms with Crippen LogP contribution in [0.15, 0.2) is 23.1 Å². The first-order chi connectivity index (χ1) is 9.86. The van der Waals surface area contributed by atoms with E-state index in [1.165, 1.54) is 22.5 Å². The quantitative estimate of drug-likeness (QED) is 0.910. The molecule has 1 aromatic rings. The Morgan fingerprint density at radius 3 is 2.81 bits per heavy atom. The summed E-state index contributed by atoms with van der Waals surface area (Å²) in [4.78, 5) is 11.2. The highest BCUT2D eigenvalue weighted by Crippen LogP contribution is 2.22. The first-order valence-electron chi connectivity index (χ1n) is 6.82. The number of aryl methyl sites for hydroxylation is 1. The molecule has 1 saturated heterocycles. The van der Waals surface area contributed by atoms with Crippen LogP contribution in [0.2, 0.25) is 0 Å². The van der Waals surface area contributed by atoms with Crippen LogP contribution in [0.5, 0.6) is 0 Å². The zero-order valence-electron chi connectivity index (χ0n) is 12.1. The van der Waals surface area contributed by atoms with Gasteiger partial charge in [-0.25, -0.2) is 13.2 Å². The maximum Gasteiger partial charge on any atom is 0.335 e. The Bertz CT molecular complexity index is 641. The molecule has 6 nitrogen and oxygen atoms in total. The number of carbonyl (C=O) groups is 1. The van der Waals surface area contributed by atoms with Gasteiger partial charge in [0.1, 0.15) is 0 Å². The molecule has 1 heterocycles. The Balaban J connectivity index is 2.35. The molecule has 7 heteroatoms. The molecule has 0 amide bonds. The SMILES string of the molecule is CCC1CN(S(=O)(=O)c2ccc(C)c(C(=O)O)c2)CCO1. The summed E-state index contributed by atoms with van der Waals surface area (Å²) in [5.41, 5.74) is 0.547. The average molecular weight is 313 g/mol. The van der Waals surface area contributed by atoms with E-state index in [-0.39, 0.29) is 23.1 Å². The van der Waals surface area contributed by atoms with Gasteiger partial charge in [-0.05, 0) is 31.0 Å². The van der Waals surface area contributed by atoms with Crippen LogP contribution in [0.1, 0.15) is 29.3 Å². The third-order valence-electron chi connectivity index (χ3n) is 3.63. The van der Waals surface area contributed by atoms with Gasteiger partial charge < -0.3 is 9.84 Å². The lowest BCUT2D eigenvalue weighted by Crippen LogP contribution is -2.45. The summed E-state index contributed by atoms with van der Waals surface area (Å²) < 4.78 is 32.1. The fourth-order valence-electron chi connectivity index (χ4n) is 2.30. The second-order valence-corrected chi connectivity index (χ2v) is 6.98. The number of ether oxygens (including phenoxy) is 1. The number of aromatic carboxylic acids is 1. The van der Waals surface area contributed by atoms with Gasteiger partial charge in [0, 0.05) is 13.1 Å². The van der Waals surface area contributed by atoms with Crippen LogP contribution in [-0.2, 0) is 14.8 Å². The van der Waals surface area contributed by atoms with E-state index in [1.807, 2.05) is 6.92 Å². The summed E-state index contributed by atoms with van der Waals surface area (Å²) in [7, 11) is -3.69. The van der Waals surface area contributed by atoms with Gasteiger partial charge >= 0.3 is 5.97 Å². The van der Waals surface area contributed by atoms with Crippen LogP contribution in [0, 0.1) is 6.92 Å². The smallest absolute Gasteiger partial charge is 0.335 e. The number of carboxylic acids is 1. The molecule has 1 fully saturated rings. The number of hydrogen-bond donors (Lipinski definition) is 1. The van der Waals surface area contributed by atoms with Gasteiger partial charge in [-0.1, -0.05) is 13.0 Å². The highest BCUT2D eigenvalue weighted by Gasteiger charge is 2.30. The van der Waals surface area contributed by atoms with Crippen molar-refractivity contribution < 1.29 is 23.1 Å². The fraction of sp³-hybridized carbons (Fsp3) is 0.500. The van der Waals surface area contributed by atoms with E-state index in [9.17, 15) is 13.2 Å². The summed E-state index contributed by atoms with van der Waals surface area (Å²) in [6, 6.07) is 4.20. The zero-order chi connectivity index (χ0) is 15.6. The van der Waals surface area contributed by atoms with E-state index in [0.29, 0.717) is 18.7 Å². The monoisotopic (exact) mass is 313 g/mol. The summed E-state index contributed by atoms with van der Waals surface area (Å²) in [6.07, 6.45) is 0.623. The van der Waals surface area contributed by atoms with Crippen molar-refractivity contribution in [1.29, 1.82) is 0 Å². The molecule has 1 N–H and O–H groups in total. The van der Waals surface area contributed by atoms with Crippen molar-refractivity contribution in [1.82, 2.24) is 4.31 Å². The van der Waals surface area contributed by atoms with Gasteiger partial charge in [0.2, 0.25) is 10.0 Å². The molecular weight excluding hydrogens is 294 g/mol. The molecule has 0 bridgehead atoms. The van der Waals surface area contributed by atoms with Crippen molar-refractivity contribution in [2.24, 2.45) is 0 Å². The highest BCUT2D eigenvalue weighted by molar-refractivity contribution is 7.89. The molecule has 1 atom stereocenters. The Kier molecular flexibility index (Phi) is 4.65. The fourth-order valence-corrected chi connectivity index (χ4v) is 3.78. The van der Waals surface area contributed by atoms with E-state index >= 15 is 0 Å². The van der Waals surface area contributed by atoms with Gasteiger partial charge in [-0.2, -0.15) is 4.31 Å². The lowest BCUT2D eigenvalue weighted by Gasteiger charge is -2.31. The van der Waals surface area contributed by atoms with Crippen molar-refractivity contribution in [3.8, 4) is 0 Å². The van der Waals surface area contributed by atoms with Crippen molar-refractivity contribution >= 4 is 16.0 Å². The van der Waals surface area contributed by atoms with Crippen LogP contribution in [-0.4, -0.2) is 49.6 Å². The van der Waals surface area contributed by atoms with Crippen molar-refractivity contribution in [3.05, 3.63) is 29.3 Å². The van der Waals surface area contributed by atoms with E-state index in [0.717, 1.165) is 6.42 Å². The molecule has 1 aliphatic rings. The summed E-state index contributed by atoms with van der Waals surface area (Å²) in [5.74, 6) is -1.13. The minimum Gasteiger partial charge on any atom is -0.478 e. The number of carboxylic acid groups (broad SMARTS) is 1. The maximum absolute atomic E-state index is 12.6. The Morgan fingerprint density at radius 1 is 1.48 bits per heavy atom. The molecule has 1 aliphatic heterocycles. The molecule has 0 radical (unpaired) electrons. The van der Waals surface area contributed by atoms with Gasteiger partial charge in [-0.15, -0.1) is 0 Å². The van der Waals surface area contributed by atoms with Gasteiger partial charge in [-0.3, -0.25) is 0 Å². The number of sulfonamides is 1. The van der Waals surface area contributed by atoms with Crippen molar-refractivity contribution in [2.75, 3.05) is 19.7 Å². The van der Waals surface area contributed by atoms with Crippen LogP contribution < -0.4 is 0 Å². The second-order valence-electron chi connectivity index (χ2n) is 5.05. The van der Waals surface area contributed by atoms with E-state index in [1.54, 1.807) is 6.92 Å². The zero-order valence-corrected chi connectivity index (χ0v) is 12.9. The predicted octanol–water partition coefficient (Wildman–Crippen LogP) is 1.49. The Morgan fingerprint density at radius 2 is 2.19 bits per heavy atom. The number of benzene rings is 1. The van der Waals surface area contributed by atoms with Crippen LogP contribution in [0.3, 0.4) is 0 Å². The number of morpholine rings is 1. The van der Waals surface area contributed by atoms with Gasteiger partial charge in [0.15, 0.2) is 0 Å². The molecule has 0 spiro atoms. The third kappa shape index (κ3) is 3.25. The topological polar surface area (TPSA) is 83.9 Å². The molecule has 1 aromatic carbocycles. The maximum atomic E-state index is 12.6. The summed E-state index contributed by atoms with van der Waals surface area (Å²) in [5, 5.41) is 9.12. The average Bonchev–Trinajstić information content (AvgIpc) is 2.47. The van der Waals surface area contributed by atoms with Crippen molar-refractivity contribution in [2.45, 2.75) is 31.3 Å². The van der Waals surface area contributed by atoms with Crippen molar-refractivity contribution in [3.63, 3.8) is 0 Å². The second kappa shape index (κ2) is 6.13. The lowest BCUT2D eigenvalue weighted by molar-refractivity contribution is -0.00278. The molecule has 0 saturated carbocycles. The Hall–Kier alpha value is -1.44. The van der Waals surface area contributed by atoms with E-state index in [4.69, 9.17) is 9.84 Å². The molecule has 21 heavy (non-hydrogen) atoms. The molecule has 2 rings (SSSR count). The first kappa shape index (κ1) is 15.9. The van der Waals surface area contributed by atoms with Gasteiger partial charge in [0.25, 0.3) is 0 Å². The minimum absolute atomic E-state index is 0.0105. The summed E-state index contributed by atoms with van der Waals surface area (Å²) in [6.45, 7) is 4.52. The molecule has 1 unspecified atom stereocenters. The molecule has 116 valence electrons. The number of hydrogen-bond acceptors (Lipinski definition) is 4.